The second-order valence-electron chi connectivity index (χ2n) is 5.15. The molecule has 1 amide bonds. The van der Waals surface area contributed by atoms with Crippen LogP contribution in [0, 0.1) is 5.92 Å². The van der Waals surface area contributed by atoms with Gasteiger partial charge in [-0.05, 0) is 59.8 Å². The predicted octanol–water partition coefficient (Wildman–Crippen LogP) is 2.35. The summed E-state index contributed by atoms with van der Waals surface area (Å²) in [5.41, 5.74) is -0.0285. The third-order valence-corrected chi connectivity index (χ3v) is 4.32. The molecule has 2 N–H and O–H groups in total. The fraction of sp³-hybridized carbons (Fsp3) is 0.500. The highest BCUT2D eigenvalue weighted by Crippen LogP contribution is 2.39. The number of halogens is 1. The average Bonchev–Trinajstić information content (AvgIpc) is 3.23. The summed E-state index contributed by atoms with van der Waals surface area (Å²) in [6.45, 7) is 1.83. The first kappa shape index (κ1) is 14.3. The summed E-state index contributed by atoms with van der Waals surface area (Å²) in [5.74, 6) is 0.797. The molecule has 1 atom stereocenters. The highest BCUT2D eigenvalue weighted by atomic mass is 79.9. The second kappa shape index (κ2) is 5.51. The van der Waals surface area contributed by atoms with Gasteiger partial charge >= 0.3 is 0 Å². The number of amides is 1. The molecule has 1 aromatic carbocycles. The molecule has 1 aromatic rings. The summed E-state index contributed by atoms with van der Waals surface area (Å²) < 4.78 is 5.84. The minimum atomic E-state index is -0.542. The van der Waals surface area contributed by atoms with Crippen LogP contribution in [0.2, 0.25) is 0 Å². The van der Waals surface area contributed by atoms with E-state index in [1.807, 2.05) is 6.92 Å². The number of carbonyl (C=O) groups is 1. The van der Waals surface area contributed by atoms with E-state index in [-0.39, 0.29) is 12.5 Å². The van der Waals surface area contributed by atoms with Crippen molar-refractivity contribution < 1.29 is 14.6 Å². The van der Waals surface area contributed by atoms with Crippen LogP contribution in [-0.2, 0) is 0 Å². The van der Waals surface area contributed by atoms with Crippen molar-refractivity contribution in [1.29, 1.82) is 0 Å². The number of methoxy groups -OCH3 is 1. The number of aliphatic hydroxyl groups excluding tert-OH is 1. The molecule has 0 aliphatic heterocycles. The Kier molecular flexibility index (Phi) is 4.16. The summed E-state index contributed by atoms with van der Waals surface area (Å²) in [6, 6.07) is 5.25. The van der Waals surface area contributed by atoms with Gasteiger partial charge in [0.2, 0.25) is 0 Å². The molecule has 19 heavy (non-hydrogen) atoms. The van der Waals surface area contributed by atoms with Gasteiger partial charge in [-0.1, -0.05) is 0 Å². The zero-order valence-electron chi connectivity index (χ0n) is 11.1. The predicted molar refractivity (Wildman–Crippen MR) is 76.4 cm³/mol. The molecule has 5 heteroatoms. The Hall–Kier alpha value is -1.07. The maximum atomic E-state index is 12.3. The van der Waals surface area contributed by atoms with Crippen molar-refractivity contribution in [3.05, 3.63) is 28.2 Å². The fourth-order valence-electron chi connectivity index (χ4n) is 2.12. The van der Waals surface area contributed by atoms with Crippen LogP contribution in [0.3, 0.4) is 0 Å². The molecule has 0 radical (unpaired) electrons. The number of aliphatic hydroxyl groups is 1. The maximum Gasteiger partial charge on any atom is 0.253 e. The van der Waals surface area contributed by atoms with Crippen LogP contribution in [0.25, 0.3) is 0 Å². The number of rotatable bonds is 5. The van der Waals surface area contributed by atoms with Crippen molar-refractivity contribution in [2.24, 2.45) is 5.92 Å². The van der Waals surface area contributed by atoms with Crippen LogP contribution < -0.4 is 10.1 Å². The summed E-state index contributed by atoms with van der Waals surface area (Å²) >= 11 is 3.36. The minimum absolute atomic E-state index is 0.0506. The third-order valence-electron chi connectivity index (χ3n) is 3.62. The van der Waals surface area contributed by atoms with Gasteiger partial charge in [-0.25, -0.2) is 0 Å². The van der Waals surface area contributed by atoms with Gasteiger partial charge in [0.05, 0.1) is 24.8 Å². The summed E-state index contributed by atoms with van der Waals surface area (Å²) in [5, 5.41) is 12.4. The quantitative estimate of drug-likeness (QED) is 0.872. The van der Waals surface area contributed by atoms with E-state index in [0.29, 0.717) is 21.7 Å². The van der Waals surface area contributed by atoms with Gasteiger partial charge in [0.25, 0.3) is 5.91 Å². The van der Waals surface area contributed by atoms with E-state index in [1.165, 1.54) is 0 Å². The molecule has 0 bridgehead atoms. The van der Waals surface area contributed by atoms with E-state index in [2.05, 4.69) is 21.2 Å². The van der Waals surface area contributed by atoms with Crippen molar-refractivity contribution in [3.63, 3.8) is 0 Å². The van der Waals surface area contributed by atoms with Crippen LogP contribution in [0.5, 0.6) is 5.75 Å². The summed E-state index contributed by atoms with van der Waals surface area (Å²) in [7, 11) is 1.56. The van der Waals surface area contributed by atoms with Gasteiger partial charge in [-0.15, -0.1) is 0 Å². The smallest absolute Gasteiger partial charge is 0.253 e. The number of benzene rings is 1. The van der Waals surface area contributed by atoms with Gasteiger partial charge in [0.15, 0.2) is 0 Å². The zero-order valence-corrected chi connectivity index (χ0v) is 12.7. The Morgan fingerprint density at radius 2 is 2.26 bits per heavy atom. The molecule has 0 spiro atoms. The number of nitrogens with one attached hydrogen (secondary N) is 1. The molecular formula is C14H18BrNO3. The van der Waals surface area contributed by atoms with Gasteiger partial charge in [-0.3, -0.25) is 4.79 Å². The Morgan fingerprint density at radius 3 is 2.79 bits per heavy atom. The van der Waals surface area contributed by atoms with Crippen molar-refractivity contribution in [2.45, 2.75) is 25.3 Å². The normalized spacial score (nSPS) is 17.7. The number of hydrogen-bond acceptors (Lipinski definition) is 3. The van der Waals surface area contributed by atoms with Crippen LogP contribution in [0.1, 0.15) is 30.1 Å². The molecule has 1 saturated carbocycles. The molecule has 1 aliphatic carbocycles. The lowest BCUT2D eigenvalue weighted by atomic mass is 9.96. The lowest BCUT2D eigenvalue weighted by Gasteiger charge is -2.29. The monoisotopic (exact) mass is 327 g/mol. The van der Waals surface area contributed by atoms with E-state index in [9.17, 15) is 9.90 Å². The molecule has 0 aromatic heterocycles. The first-order valence-corrected chi connectivity index (χ1v) is 7.06. The Bertz CT molecular complexity index is 488. The summed E-state index contributed by atoms with van der Waals surface area (Å²) in [6.07, 6.45) is 2.10. The molecule has 1 unspecified atom stereocenters. The summed E-state index contributed by atoms with van der Waals surface area (Å²) in [4.78, 5) is 12.3. The van der Waals surface area contributed by atoms with E-state index in [0.717, 1.165) is 12.8 Å². The number of hydrogen-bond donors (Lipinski definition) is 2. The maximum absolute atomic E-state index is 12.3. The molecule has 1 aliphatic rings. The van der Waals surface area contributed by atoms with Gasteiger partial charge < -0.3 is 15.2 Å². The van der Waals surface area contributed by atoms with Crippen LogP contribution in [0.15, 0.2) is 22.7 Å². The fourth-order valence-corrected chi connectivity index (χ4v) is 2.55. The Morgan fingerprint density at radius 1 is 1.58 bits per heavy atom. The van der Waals surface area contributed by atoms with Crippen molar-refractivity contribution in [2.75, 3.05) is 13.7 Å². The molecular weight excluding hydrogens is 310 g/mol. The van der Waals surface area contributed by atoms with E-state index < -0.39 is 5.54 Å². The number of ether oxygens (including phenoxy) is 1. The molecule has 4 nitrogen and oxygen atoms in total. The highest BCUT2D eigenvalue weighted by Gasteiger charge is 2.42. The Labute approximate surface area is 121 Å². The van der Waals surface area contributed by atoms with E-state index in [1.54, 1.807) is 25.3 Å². The minimum Gasteiger partial charge on any atom is -0.497 e. The lowest BCUT2D eigenvalue weighted by molar-refractivity contribution is 0.0823. The lowest BCUT2D eigenvalue weighted by Crippen LogP contribution is -2.50. The SMILES string of the molecule is COc1ccc(Br)c(C(=O)NC(C)(CO)C2CC2)c1. The molecule has 2 rings (SSSR count). The molecule has 0 heterocycles. The second-order valence-corrected chi connectivity index (χ2v) is 6.00. The topological polar surface area (TPSA) is 58.6 Å². The third kappa shape index (κ3) is 3.09. The van der Waals surface area contributed by atoms with Crippen LogP contribution in [0.4, 0.5) is 0 Å². The van der Waals surface area contributed by atoms with Crippen molar-refractivity contribution >= 4 is 21.8 Å². The van der Waals surface area contributed by atoms with Crippen molar-refractivity contribution in [3.8, 4) is 5.75 Å². The van der Waals surface area contributed by atoms with E-state index in [4.69, 9.17) is 4.74 Å². The largest absolute Gasteiger partial charge is 0.497 e. The van der Waals surface area contributed by atoms with Gasteiger partial charge in [0.1, 0.15) is 5.75 Å². The van der Waals surface area contributed by atoms with Crippen LogP contribution >= 0.6 is 15.9 Å². The molecule has 0 saturated heterocycles. The number of carbonyl (C=O) groups excluding carboxylic acids is 1. The van der Waals surface area contributed by atoms with Crippen molar-refractivity contribution in [1.82, 2.24) is 5.32 Å². The van der Waals surface area contributed by atoms with Gasteiger partial charge in [0, 0.05) is 4.47 Å². The molecule has 1 fully saturated rings. The van der Waals surface area contributed by atoms with E-state index >= 15 is 0 Å². The van der Waals surface area contributed by atoms with Gasteiger partial charge in [-0.2, -0.15) is 0 Å². The van der Waals surface area contributed by atoms with Crippen LogP contribution in [-0.4, -0.2) is 30.3 Å². The standard InChI is InChI=1S/C14H18BrNO3/c1-14(8-17,9-3-4-9)16-13(18)11-7-10(19-2)5-6-12(11)15/h5-7,9,17H,3-4,8H2,1-2H3,(H,16,18). The first-order valence-electron chi connectivity index (χ1n) is 6.27. The average molecular weight is 328 g/mol. The Balaban J connectivity index is 2.19. The zero-order chi connectivity index (χ0) is 14.0. The highest BCUT2D eigenvalue weighted by molar-refractivity contribution is 9.10. The first-order chi connectivity index (χ1) is 9.00. The molecule has 104 valence electrons.